The molecule has 0 aromatic heterocycles. The highest BCUT2D eigenvalue weighted by molar-refractivity contribution is 6.31. The van der Waals surface area contributed by atoms with Gasteiger partial charge in [0.15, 0.2) is 0 Å². The van der Waals surface area contributed by atoms with Gasteiger partial charge < -0.3 is 10.2 Å². The van der Waals surface area contributed by atoms with Gasteiger partial charge in [0, 0.05) is 17.2 Å². The summed E-state index contributed by atoms with van der Waals surface area (Å²) < 4.78 is 0. The van der Waals surface area contributed by atoms with Gasteiger partial charge in [0.1, 0.15) is 5.75 Å². The first-order chi connectivity index (χ1) is 6.57. The van der Waals surface area contributed by atoms with Crippen molar-refractivity contribution in [2.75, 3.05) is 6.61 Å². The number of halogens is 1. The number of phenols is 1. The zero-order chi connectivity index (χ0) is 10.7. The van der Waals surface area contributed by atoms with Gasteiger partial charge in [-0.15, -0.1) is 0 Å². The lowest BCUT2D eigenvalue weighted by atomic mass is 10.00. The number of hydrogen-bond acceptors (Lipinski definition) is 2. The van der Waals surface area contributed by atoms with Gasteiger partial charge in [0.25, 0.3) is 0 Å². The lowest BCUT2D eigenvalue weighted by Gasteiger charge is -2.11. The Hall–Kier alpha value is -0.730. The third kappa shape index (κ3) is 2.20. The smallest absolute Gasteiger partial charge is 0.123 e. The highest BCUT2D eigenvalue weighted by atomic mass is 35.5. The molecule has 0 heterocycles. The van der Waals surface area contributed by atoms with Crippen LogP contribution in [0.25, 0.3) is 0 Å². The fourth-order valence-electron chi connectivity index (χ4n) is 1.48. The van der Waals surface area contributed by atoms with E-state index >= 15 is 0 Å². The summed E-state index contributed by atoms with van der Waals surface area (Å²) in [6, 6.07) is 1.85. The second kappa shape index (κ2) is 4.67. The van der Waals surface area contributed by atoms with Crippen molar-refractivity contribution < 1.29 is 10.2 Å². The van der Waals surface area contributed by atoms with Crippen LogP contribution in [0.1, 0.15) is 23.1 Å². The molecule has 14 heavy (non-hydrogen) atoms. The first kappa shape index (κ1) is 11.3. The molecule has 0 atom stereocenters. The fourth-order valence-corrected chi connectivity index (χ4v) is 1.74. The molecule has 0 saturated carbocycles. The summed E-state index contributed by atoms with van der Waals surface area (Å²) >= 11 is 5.92. The molecule has 78 valence electrons. The van der Waals surface area contributed by atoms with Crippen LogP contribution in [-0.2, 0) is 6.42 Å². The van der Waals surface area contributed by atoms with Crippen LogP contribution in [0.2, 0.25) is 5.02 Å². The number of aryl methyl sites for hydroxylation is 1. The van der Waals surface area contributed by atoms with Gasteiger partial charge in [-0.25, -0.2) is 0 Å². The zero-order valence-electron chi connectivity index (χ0n) is 8.47. The summed E-state index contributed by atoms with van der Waals surface area (Å²) in [5.74, 6) is 0.267. The highest BCUT2D eigenvalue weighted by Crippen LogP contribution is 2.32. The SMILES string of the molecule is Cc1cc(Cl)c(C)c(O)c1CCCO. The second-order valence-electron chi connectivity index (χ2n) is 3.45. The third-order valence-corrected chi connectivity index (χ3v) is 2.80. The van der Waals surface area contributed by atoms with Gasteiger partial charge in [-0.2, -0.15) is 0 Å². The Bertz CT molecular complexity index is 335. The van der Waals surface area contributed by atoms with Crippen LogP contribution >= 0.6 is 11.6 Å². The molecule has 0 aliphatic carbocycles. The number of hydrogen-bond donors (Lipinski definition) is 2. The van der Waals surface area contributed by atoms with E-state index in [-0.39, 0.29) is 12.4 Å². The molecule has 1 rings (SSSR count). The van der Waals surface area contributed by atoms with Crippen molar-refractivity contribution in [1.29, 1.82) is 0 Å². The van der Waals surface area contributed by atoms with Crippen LogP contribution < -0.4 is 0 Å². The Morgan fingerprint density at radius 3 is 2.57 bits per heavy atom. The molecule has 2 N–H and O–H groups in total. The normalized spacial score (nSPS) is 10.6. The van der Waals surface area contributed by atoms with Crippen LogP contribution in [0.3, 0.4) is 0 Å². The van der Waals surface area contributed by atoms with Gasteiger partial charge in [-0.3, -0.25) is 0 Å². The predicted octanol–water partition coefficient (Wildman–Crippen LogP) is 2.59. The summed E-state index contributed by atoms with van der Waals surface area (Å²) in [7, 11) is 0. The van der Waals surface area contributed by atoms with Crippen LogP contribution in [0.15, 0.2) is 6.07 Å². The van der Waals surface area contributed by atoms with Crippen molar-refractivity contribution in [3.63, 3.8) is 0 Å². The minimum atomic E-state index is 0.139. The first-order valence-electron chi connectivity index (χ1n) is 4.66. The van der Waals surface area contributed by atoms with Crippen molar-refractivity contribution in [2.24, 2.45) is 0 Å². The maximum absolute atomic E-state index is 9.82. The Balaban J connectivity index is 3.09. The van der Waals surface area contributed by atoms with Crippen molar-refractivity contribution in [2.45, 2.75) is 26.7 Å². The summed E-state index contributed by atoms with van der Waals surface area (Å²) in [5.41, 5.74) is 2.58. The predicted molar refractivity (Wildman–Crippen MR) is 58.0 cm³/mol. The number of benzene rings is 1. The molecule has 1 aromatic rings. The molecule has 3 heteroatoms. The van der Waals surface area contributed by atoms with Crippen LogP contribution in [0, 0.1) is 13.8 Å². The summed E-state index contributed by atoms with van der Waals surface area (Å²) in [4.78, 5) is 0. The van der Waals surface area contributed by atoms with Crippen LogP contribution in [-0.4, -0.2) is 16.8 Å². The van der Waals surface area contributed by atoms with Gasteiger partial charge in [0.2, 0.25) is 0 Å². The number of aliphatic hydroxyl groups is 1. The molecule has 0 radical (unpaired) electrons. The molecule has 0 aliphatic heterocycles. The molecule has 0 unspecified atom stereocenters. The number of aliphatic hydroxyl groups excluding tert-OH is 1. The number of phenolic OH excluding ortho intramolecular Hbond substituents is 1. The van der Waals surface area contributed by atoms with E-state index in [1.54, 1.807) is 6.92 Å². The Kier molecular flexibility index (Phi) is 3.78. The topological polar surface area (TPSA) is 40.5 Å². The fraction of sp³-hybridized carbons (Fsp3) is 0.455. The molecule has 0 saturated heterocycles. The molecule has 0 spiro atoms. The highest BCUT2D eigenvalue weighted by Gasteiger charge is 2.10. The number of aromatic hydroxyl groups is 1. The van der Waals surface area contributed by atoms with E-state index in [9.17, 15) is 5.11 Å². The van der Waals surface area contributed by atoms with Gasteiger partial charge >= 0.3 is 0 Å². The third-order valence-electron chi connectivity index (χ3n) is 2.40. The van der Waals surface area contributed by atoms with Crippen LogP contribution in [0.4, 0.5) is 0 Å². The number of rotatable bonds is 3. The van der Waals surface area contributed by atoms with E-state index in [1.807, 2.05) is 13.0 Å². The van der Waals surface area contributed by atoms with Gasteiger partial charge in [0.05, 0.1) is 0 Å². The Morgan fingerprint density at radius 1 is 1.36 bits per heavy atom. The monoisotopic (exact) mass is 214 g/mol. The minimum absolute atomic E-state index is 0.139. The van der Waals surface area contributed by atoms with E-state index in [0.29, 0.717) is 23.4 Å². The molecule has 0 amide bonds. The minimum Gasteiger partial charge on any atom is -0.507 e. The van der Waals surface area contributed by atoms with Crippen molar-refractivity contribution in [3.05, 3.63) is 27.8 Å². The molecular weight excluding hydrogens is 200 g/mol. The molecule has 0 fully saturated rings. The standard InChI is InChI=1S/C11H15ClO2/c1-7-6-10(12)8(2)11(14)9(7)4-3-5-13/h6,13-14H,3-5H2,1-2H3. The second-order valence-corrected chi connectivity index (χ2v) is 3.86. The van der Waals surface area contributed by atoms with Crippen molar-refractivity contribution in [1.82, 2.24) is 0 Å². The maximum Gasteiger partial charge on any atom is 0.123 e. The average Bonchev–Trinajstić information content (AvgIpc) is 2.14. The Labute approximate surface area is 89.1 Å². The van der Waals surface area contributed by atoms with Gasteiger partial charge in [-0.05, 0) is 43.9 Å². The van der Waals surface area contributed by atoms with E-state index < -0.39 is 0 Å². The quantitative estimate of drug-likeness (QED) is 0.812. The lowest BCUT2D eigenvalue weighted by molar-refractivity contribution is 0.288. The van der Waals surface area contributed by atoms with E-state index in [0.717, 1.165) is 11.1 Å². The van der Waals surface area contributed by atoms with Crippen LogP contribution in [0.5, 0.6) is 5.75 Å². The molecule has 1 aromatic carbocycles. The summed E-state index contributed by atoms with van der Waals surface area (Å²) in [6.07, 6.45) is 1.35. The zero-order valence-corrected chi connectivity index (χ0v) is 9.23. The lowest BCUT2D eigenvalue weighted by Crippen LogP contribution is -1.95. The Morgan fingerprint density at radius 2 is 2.00 bits per heavy atom. The van der Waals surface area contributed by atoms with Crippen molar-refractivity contribution in [3.8, 4) is 5.75 Å². The average molecular weight is 215 g/mol. The van der Waals surface area contributed by atoms with E-state index in [4.69, 9.17) is 16.7 Å². The molecule has 0 bridgehead atoms. The maximum atomic E-state index is 9.82. The van der Waals surface area contributed by atoms with E-state index in [1.165, 1.54) is 0 Å². The molecular formula is C11H15ClO2. The molecule has 0 aliphatic rings. The van der Waals surface area contributed by atoms with Crippen molar-refractivity contribution >= 4 is 11.6 Å². The largest absolute Gasteiger partial charge is 0.507 e. The van der Waals surface area contributed by atoms with E-state index in [2.05, 4.69) is 0 Å². The molecule has 2 nitrogen and oxygen atoms in total. The first-order valence-corrected chi connectivity index (χ1v) is 5.04. The van der Waals surface area contributed by atoms with Gasteiger partial charge in [-0.1, -0.05) is 11.6 Å². The summed E-state index contributed by atoms with van der Waals surface area (Å²) in [6.45, 7) is 3.85. The summed E-state index contributed by atoms with van der Waals surface area (Å²) in [5, 5.41) is 19.1.